The van der Waals surface area contributed by atoms with E-state index in [0.717, 1.165) is 76.0 Å². The Morgan fingerprint density at radius 3 is 2.44 bits per heavy atom. The standard InChI is InChI=1S/C34H63N3O2/c1-24(2)10-8-11-25(3)28-12-13-29-27-22-31(37-21-9-20-36-19-7-6-18-35)34(39)23-26(38)14-17-33(34,5)30(27)15-16-32(28,29)4/h22,24-26,28-31,36-39H,6-21,23,35H2,1-5H3/t25?,26-,28+,29?,30?,31+,32+,33+,34-/m0/s1. The fraction of sp³-hybridized carbons (Fsp3) is 0.941. The Balaban J connectivity index is 1.50. The molecule has 0 aromatic heterocycles. The van der Waals surface area contributed by atoms with Crippen LogP contribution < -0.4 is 16.4 Å². The third kappa shape index (κ3) is 6.33. The zero-order valence-electron chi connectivity index (χ0n) is 26.1. The molecule has 3 fully saturated rings. The second kappa shape index (κ2) is 13.2. The van der Waals surface area contributed by atoms with E-state index in [1.165, 1.54) is 44.9 Å². The average molecular weight is 546 g/mol. The van der Waals surface area contributed by atoms with Gasteiger partial charge in [0.15, 0.2) is 0 Å². The van der Waals surface area contributed by atoms with Gasteiger partial charge in [0.1, 0.15) is 0 Å². The van der Waals surface area contributed by atoms with E-state index in [-0.39, 0.29) is 11.5 Å². The van der Waals surface area contributed by atoms with Crippen LogP contribution in [0.3, 0.4) is 0 Å². The number of allylic oxidation sites excluding steroid dienone is 1. The topological polar surface area (TPSA) is 90.5 Å². The molecule has 0 aromatic carbocycles. The number of hydrogen-bond acceptors (Lipinski definition) is 5. The van der Waals surface area contributed by atoms with Crippen LogP contribution in [0.4, 0.5) is 0 Å². The molecule has 5 nitrogen and oxygen atoms in total. The molecule has 3 saturated carbocycles. The summed E-state index contributed by atoms with van der Waals surface area (Å²) in [6.45, 7) is 15.9. The second-order valence-electron chi connectivity index (χ2n) is 15.1. The smallest absolute Gasteiger partial charge is 0.0919 e. The van der Waals surface area contributed by atoms with Gasteiger partial charge in [0.25, 0.3) is 0 Å². The van der Waals surface area contributed by atoms with Crippen LogP contribution >= 0.6 is 0 Å². The number of aliphatic hydroxyl groups excluding tert-OH is 1. The third-order valence-electron chi connectivity index (χ3n) is 12.2. The van der Waals surface area contributed by atoms with Gasteiger partial charge >= 0.3 is 0 Å². The molecule has 0 spiro atoms. The first-order valence-electron chi connectivity index (χ1n) is 16.8. The Kier molecular flexibility index (Phi) is 10.7. The van der Waals surface area contributed by atoms with Crippen LogP contribution in [-0.4, -0.2) is 54.1 Å². The van der Waals surface area contributed by atoms with E-state index < -0.39 is 11.7 Å². The molecule has 9 atom stereocenters. The zero-order chi connectivity index (χ0) is 28.3. The second-order valence-corrected chi connectivity index (χ2v) is 15.1. The maximum atomic E-state index is 12.4. The number of aliphatic hydroxyl groups is 2. The highest BCUT2D eigenvalue weighted by atomic mass is 16.3. The Hall–Kier alpha value is -0.460. The number of rotatable bonds is 14. The van der Waals surface area contributed by atoms with E-state index in [4.69, 9.17) is 5.73 Å². The third-order valence-corrected chi connectivity index (χ3v) is 12.2. The van der Waals surface area contributed by atoms with E-state index >= 15 is 0 Å². The summed E-state index contributed by atoms with van der Waals surface area (Å²) in [5.41, 5.74) is 6.61. The van der Waals surface area contributed by atoms with Gasteiger partial charge in [0.05, 0.1) is 17.7 Å². The summed E-state index contributed by atoms with van der Waals surface area (Å²) in [4.78, 5) is 0. The minimum Gasteiger partial charge on any atom is -0.393 e. The minimum absolute atomic E-state index is 0.0780. The van der Waals surface area contributed by atoms with Crippen molar-refractivity contribution in [2.24, 2.45) is 46.2 Å². The van der Waals surface area contributed by atoms with E-state index in [1.807, 2.05) is 0 Å². The van der Waals surface area contributed by atoms with Gasteiger partial charge in [-0.25, -0.2) is 0 Å². The number of nitrogens with two attached hydrogens (primary N) is 1. The van der Waals surface area contributed by atoms with Crippen LogP contribution in [0.15, 0.2) is 11.6 Å². The summed E-state index contributed by atoms with van der Waals surface area (Å²) in [5, 5.41) is 30.5. The minimum atomic E-state index is -0.886. The predicted molar refractivity (Wildman–Crippen MR) is 163 cm³/mol. The van der Waals surface area contributed by atoms with Crippen LogP contribution in [0.2, 0.25) is 0 Å². The fourth-order valence-electron chi connectivity index (χ4n) is 9.82. The first kappa shape index (κ1) is 31.5. The van der Waals surface area contributed by atoms with Crippen molar-refractivity contribution in [2.75, 3.05) is 26.2 Å². The summed E-state index contributed by atoms with van der Waals surface area (Å²) in [6.07, 6.45) is 16.8. The van der Waals surface area contributed by atoms with Gasteiger partial charge in [0, 0.05) is 11.8 Å². The number of fused-ring (bicyclic) bond motifs is 5. The summed E-state index contributed by atoms with van der Waals surface area (Å²) in [6, 6.07) is -0.0780. The highest BCUT2D eigenvalue weighted by Gasteiger charge is 2.64. The highest BCUT2D eigenvalue weighted by molar-refractivity contribution is 5.34. The molecule has 0 aliphatic heterocycles. The number of hydrogen-bond donors (Lipinski definition) is 5. The van der Waals surface area contributed by atoms with E-state index in [1.54, 1.807) is 5.57 Å². The Labute approximate surface area is 240 Å². The van der Waals surface area contributed by atoms with Crippen LogP contribution in [0.5, 0.6) is 0 Å². The zero-order valence-corrected chi connectivity index (χ0v) is 26.1. The Bertz CT molecular complexity index is 816. The van der Waals surface area contributed by atoms with Crippen LogP contribution in [-0.2, 0) is 0 Å². The molecular formula is C34H63N3O2. The largest absolute Gasteiger partial charge is 0.393 e. The molecule has 0 radical (unpaired) electrons. The number of nitrogens with one attached hydrogen (secondary N) is 2. The summed E-state index contributed by atoms with van der Waals surface area (Å²) in [7, 11) is 0. The first-order valence-corrected chi connectivity index (χ1v) is 16.8. The fourth-order valence-corrected chi connectivity index (χ4v) is 9.82. The lowest BCUT2D eigenvalue weighted by Gasteiger charge is -2.63. The summed E-state index contributed by atoms with van der Waals surface area (Å²) >= 11 is 0. The molecule has 4 rings (SSSR count). The molecule has 0 aromatic rings. The molecule has 3 unspecified atom stereocenters. The lowest BCUT2D eigenvalue weighted by molar-refractivity contribution is -0.181. The van der Waals surface area contributed by atoms with Crippen molar-refractivity contribution in [3.63, 3.8) is 0 Å². The first-order chi connectivity index (χ1) is 18.6. The van der Waals surface area contributed by atoms with Gasteiger partial charge in [-0.15, -0.1) is 0 Å². The van der Waals surface area contributed by atoms with E-state index in [9.17, 15) is 10.2 Å². The Morgan fingerprint density at radius 2 is 1.69 bits per heavy atom. The molecule has 4 aliphatic carbocycles. The van der Waals surface area contributed by atoms with Gasteiger partial charge in [-0.1, -0.05) is 65.5 Å². The Morgan fingerprint density at radius 1 is 0.923 bits per heavy atom. The van der Waals surface area contributed by atoms with Crippen molar-refractivity contribution in [3.8, 4) is 0 Å². The molecule has 0 amide bonds. The molecular weight excluding hydrogens is 482 g/mol. The van der Waals surface area contributed by atoms with E-state index in [2.05, 4.69) is 51.3 Å². The van der Waals surface area contributed by atoms with Crippen LogP contribution in [0.1, 0.15) is 118 Å². The van der Waals surface area contributed by atoms with Gasteiger partial charge < -0.3 is 26.6 Å². The predicted octanol–water partition coefficient (Wildman–Crippen LogP) is 5.79. The highest BCUT2D eigenvalue weighted by Crippen LogP contribution is 2.67. The van der Waals surface area contributed by atoms with Gasteiger partial charge in [0.2, 0.25) is 0 Å². The summed E-state index contributed by atoms with van der Waals surface area (Å²) in [5.74, 6) is 3.51. The molecule has 0 heterocycles. The summed E-state index contributed by atoms with van der Waals surface area (Å²) < 4.78 is 0. The molecule has 0 bridgehead atoms. The number of unbranched alkanes of at least 4 members (excludes halogenated alkanes) is 1. The molecule has 0 saturated heterocycles. The maximum Gasteiger partial charge on any atom is 0.0919 e. The normalized spacial score (nSPS) is 40.6. The lowest BCUT2D eigenvalue weighted by atomic mass is 9.45. The molecule has 4 aliphatic rings. The van der Waals surface area contributed by atoms with Crippen molar-refractivity contribution in [3.05, 3.63) is 11.6 Å². The van der Waals surface area contributed by atoms with Gasteiger partial charge in [-0.05, 0) is 119 Å². The molecule has 226 valence electrons. The van der Waals surface area contributed by atoms with Crippen molar-refractivity contribution < 1.29 is 10.2 Å². The lowest BCUT2D eigenvalue weighted by Crippen LogP contribution is -2.68. The van der Waals surface area contributed by atoms with E-state index in [0.29, 0.717) is 23.7 Å². The molecule has 6 N–H and O–H groups in total. The average Bonchev–Trinajstić information content (AvgIpc) is 3.24. The van der Waals surface area contributed by atoms with Crippen molar-refractivity contribution in [1.82, 2.24) is 10.6 Å². The van der Waals surface area contributed by atoms with Crippen LogP contribution in [0, 0.1) is 40.4 Å². The SMILES string of the molecule is CC(C)CCCC(C)[C@H]1CCC2C3=C[C@@H](NCCCNCCCCN)[C@@]4(O)C[C@@H](O)CC[C@]4(C)C3CC[C@@]21C. The van der Waals surface area contributed by atoms with Crippen molar-refractivity contribution in [1.29, 1.82) is 0 Å². The molecule has 39 heavy (non-hydrogen) atoms. The quantitative estimate of drug-likeness (QED) is 0.141. The van der Waals surface area contributed by atoms with Crippen molar-refractivity contribution >= 4 is 0 Å². The maximum absolute atomic E-state index is 12.4. The van der Waals surface area contributed by atoms with Crippen LogP contribution in [0.25, 0.3) is 0 Å². The molecule has 5 heteroatoms. The monoisotopic (exact) mass is 545 g/mol. The van der Waals surface area contributed by atoms with Crippen molar-refractivity contribution in [2.45, 2.75) is 136 Å². The van der Waals surface area contributed by atoms with Gasteiger partial charge in [-0.3, -0.25) is 0 Å². The van der Waals surface area contributed by atoms with Gasteiger partial charge in [-0.2, -0.15) is 0 Å².